The number of likely N-dealkylation sites (tertiary alicyclic amines) is 1. The summed E-state index contributed by atoms with van der Waals surface area (Å²) in [5, 5.41) is 11.4. The molecule has 0 spiro atoms. The number of piperidine rings is 1. The summed E-state index contributed by atoms with van der Waals surface area (Å²) in [6, 6.07) is 3.92. The molecule has 0 saturated carbocycles. The fourth-order valence-corrected chi connectivity index (χ4v) is 3.72. The molecule has 1 aromatic heterocycles. The molecule has 22 heavy (non-hydrogen) atoms. The molecule has 1 amide bonds. The lowest BCUT2D eigenvalue weighted by Gasteiger charge is -2.37. The van der Waals surface area contributed by atoms with Crippen molar-refractivity contribution < 1.29 is 9.90 Å². The molecule has 1 aliphatic heterocycles. The van der Waals surface area contributed by atoms with Crippen molar-refractivity contribution >= 4 is 17.2 Å². The molecule has 122 valence electrons. The van der Waals surface area contributed by atoms with Gasteiger partial charge in [0.15, 0.2) is 0 Å². The Hall–Kier alpha value is -1.17. The number of aliphatic hydroxyl groups excluding tert-OH is 1. The first kappa shape index (κ1) is 17.2. The summed E-state index contributed by atoms with van der Waals surface area (Å²) in [5.74, 6) is 0.445. The number of nitrogens with zero attached hydrogens (tertiary/aromatic N) is 2. The Morgan fingerprint density at radius 2 is 2.50 bits per heavy atom. The molecule has 1 aliphatic rings. The highest BCUT2D eigenvalue weighted by Crippen LogP contribution is 2.20. The van der Waals surface area contributed by atoms with Crippen molar-refractivity contribution in [1.82, 2.24) is 9.80 Å². The van der Waals surface area contributed by atoms with E-state index >= 15 is 0 Å². The molecule has 2 atom stereocenters. The minimum Gasteiger partial charge on any atom is -0.396 e. The summed E-state index contributed by atoms with van der Waals surface area (Å²) in [6.45, 7) is 8.92. The standard InChI is InChI=1S/C17H26N2O2S/c1-3-8-19(12-16-7-5-10-22-16)17(21)14(2)18-9-4-6-15(11-18)13-20/h3,5,7,10,14-15,20H,1,4,6,8-9,11-13H2,2H3. The molecule has 2 unspecified atom stereocenters. The average Bonchev–Trinajstić information content (AvgIpc) is 3.06. The van der Waals surface area contributed by atoms with Gasteiger partial charge in [-0.1, -0.05) is 12.1 Å². The minimum atomic E-state index is -0.144. The molecule has 5 heteroatoms. The van der Waals surface area contributed by atoms with E-state index in [1.165, 1.54) is 4.88 Å². The fourth-order valence-electron chi connectivity index (χ4n) is 3.00. The summed E-state index contributed by atoms with van der Waals surface area (Å²) in [4.78, 5) is 18.1. The van der Waals surface area contributed by atoms with Crippen molar-refractivity contribution in [3.8, 4) is 0 Å². The molecule has 1 fully saturated rings. The van der Waals surface area contributed by atoms with Crippen LogP contribution in [0.1, 0.15) is 24.6 Å². The van der Waals surface area contributed by atoms with E-state index in [9.17, 15) is 9.90 Å². The monoisotopic (exact) mass is 322 g/mol. The molecular weight excluding hydrogens is 296 g/mol. The number of amides is 1. The van der Waals surface area contributed by atoms with Crippen molar-refractivity contribution in [2.24, 2.45) is 5.92 Å². The highest BCUT2D eigenvalue weighted by molar-refractivity contribution is 7.09. The Balaban J connectivity index is 2.00. The second-order valence-electron chi connectivity index (χ2n) is 5.95. The first-order valence-corrected chi connectivity index (χ1v) is 8.80. The Morgan fingerprint density at radius 1 is 1.68 bits per heavy atom. The van der Waals surface area contributed by atoms with Gasteiger partial charge >= 0.3 is 0 Å². The normalized spacial score (nSPS) is 20.5. The van der Waals surface area contributed by atoms with E-state index in [-0.39, 0.29) is 18.6 Å². The molecule has 2 rings (SSSR count). The average molecular weight is 322 g/mol. The fraction of sp³-hybridized carbons (Fsp3) is 0.588. The van der Waals surface area contributed by atoms with Gasteiger partial charge in [-0.3, -0.25) is 9.69 Å². The van der Waals surface area contributed by atoms with Crippen LogP contribution in [0.4, 0.5) is 0 Å². The number of rotatable bonds is 7. The minimum absolute atomic E-state index is 0.144. The van der Waals surface area contributed by atoms with E-state index in [2.05, 4.69) is 17.5 Å². The van der Waals surface area contributed by atoms with Crippen LogP contribution in [-0.2, 0) is 11.3 Å². The first-order valence-electron chi connectivity index (χ1n) is 7.92. The second kappa shape index (κ2) is 8.46. The van der Waals surface area contributed by atoms with Crippen molar-refractivity contribution in [1.29, 1.82) is 0 Å². The van der Waals surface area contributed by atoms with Crippen molar-refractivity contribution in [2.75, 3.05) is 26.2 Å². The zero-order chi connectivity index (χ0) is 15.9. The molecule has 2 heterocycles. The largest absolute Gasteiger partial charge is 0.396 e. The number of carbonyl (C=O) groups excluding carboxylic acids is 1. The summed E-state index contributed by atoms with van der Waals surface area (Å²) in [6.07, 6.45) is 3.89. The van der Waals surface area contributed by atoms with E-state index in [1.54, 1.807) is 17.4 Å². The quantitative estimate of drug-likeness (QED) is 0.784. The molecule has 4 nitrogen and oxygen atoms in total. The topological polar surface area (TPSA) is 43.8 Å². The molecular formula is C17H26N2O2S. The molecule has 0 aliphatic carbocycles. The van der Waals surface area contributed by atoms with Gasteiger partial charge < -0.3 is 10.0 Å². The SMILES string of the molecule is C=CCN(Cc1cccs1)C(=O)C(C)N1CCCC(CO)C1. The van der Waals surface area contributed by atoms with Gasteiger partial charge in [0.1, 0.15) is 0 Å². The maximum Gasteiger partial charge on any atom is 0.240 e. The number of hydrogen-bond acceptors (Lipinski definition) is 4. The van der Waals surface area contributed by atoms with Crippen LogP contribution in [0.15, 0.2) is 30.2 Å². The summed E-state index contributed by atoms with van der Waals surface area (Å²) < 4.78 is 0. The predicted octanol–water partition coefficient (Wildman–Crippen LogP) is 2.36. The third-order valence-corrected chi connectivity index (χ3v) is 5.16. The zero-order valence-corrected chi connectivity index (χ0v) is 14.1. The molecule has 0 aromatic carbocycles. The maximum absolute atomic E-state index is 12.8. The van der Waals surface area contributed by atoms with Gasteiger partial charge in [0.2, 0.25) is 5.91 Å². The van der Waals surface area contributed by atoms with Crippen molar-refractivity contribution in [3.63, 3.8) is 0 Å². The third-order valence-electron chi connectivity index (χ3n) is 4.30. The molecule has 1 aromatic rings. The van der Waals surface area contributed by atoms with Crippen LogP contribution < -0.4 is 0 Å². The van der Waals surface area contributed by atoms with Gasteiger partial charge in [0.05, 0.1) is 12.6 Å². The molecule has 1 N–H and O–H groups in total. The van der Waals surface area contributed by atoms with Gasteiger partial charge in [-0.2, -0.15) is 0 Å². The molecule has 0 radical (unpaired) electrons. The van der Waals surface area contributed by atoms with E-state index < -0.39 is 0 Å². The van der Waals surface area contributed by atoms with Crippen LogP contribution >= 0.6 is 11.3 Å². The van der Waals surface area contributed by atoms with E-state index in [0.717, 1.165) is 25.9 Å². The lowest BCUT2D eigenvalue weighted by Crippen LogP contribution is -2.50. The highest BCUT2D eigenvalue weighted by atomic mass is 32.1. The Kier molecular flexibility index (Phi) is 6.61. The van der Waals surface area contributed by atoms with Crippen LogP contribution in [0.25, 0.3) is 0 Å². The lowest BCUT2D eigenvalue weighted by molar-refractivity contribution is -0.137. The Labute approximate surface area is 137 Å². The predicted molar refractivity (Wildman–Crippen MR) is 90.8 cm³/mol. The second-order valence-corrected chi connectivity index (χ2v) is 6.98. The van der Waals surface area contributed by atoms with Crippen LogP contribution in [0.3, 0.4) is 0 Å². The molecule has 1 saturated heterocycles. The van der Waals surface area contributed by atoms with E-state index in [0.29, 0.717) is 19.0 Å². The number of aliphatic hydroxyl groups is 1. The molecule has 0 bridgehead atoms. The highest BCUT2D eigenvalue weighted by Gasteiger charge is 2.29. The number of thiophene rings is 1. The van der Waals surface area contributed by atoms with Gasteiger partial charge in [0.25, 0.3) is 0 Å². The van der Waals surface area contributed by atoms with Crippen LogP contribution in [0, 0.1) is 5.92 Å². The number of hydrogen-bond donors (Lipinski definition) is 1. The summed E-state index contributed by atoms with van der Waals surface area (Å²) in [7, 11) is 0. The lowest BCUT2D eigenvalue weighted by atomic mass is 9.97. The number of carbonyl (C=O) groups is 1. The van der Waals surface area contributed by atoms with Crippen LogP contribution in [0.2, 0.25) is 0 Å². The summed E-state index contributed by atoms with van der Waals surface area (Å²) >= 11 is 1.67. The van der Waals surface area contributed by atoms with Crippen LogP contribution in [0.5, 0.6) is 0 Å². The summed E-state index contributed by atoms with van der Waals surface area (Å²) in [5.41, 5.74) is 0. The van der Waals surface area contributed by atoms with Gasteiger partial charge in [0, 0.05) is 24.6 Å². The zero-order valence-electron chi connectivity index (χ0n) is 13.3. The third kappa shape index (κ3) is 4.41. The van der Waals surface area contributed by atoms with Gasteiger partial charge in [-0.15, -0.1) is 17.9 Å². The Bertz CT molecular complexity index is 475. The smallest absolute Gasteiger partial charge is 0.240 e. The maximum atomic E-state index is 12.8. The van der Waals surface area contributed by atoms with Crippen LogP contribution in [-0.4, -0.2) is 53.1 Å². The van der Waals surface area contributed by atoms with Crippen molar-refractivity contribution in [3.05, 3.63) is 35.0 Å². The van der Waals surface area contributed by atoms with Crippen molar-refractivity contribution in [2.45, 2.75) is 32.4 Å². The van der Waals surface area contributed by atoms with E-state index in [1.807, 2.05) is 23.3 Å². The van der Waals surface area contributed by atoms with E-state index in [4.69, 9.17) is 0 Å². The first-order chi connectivity index (χ1) is 10.7. The Morgan fingerprint density at radius 3 is 3.14 bits per heavy atom. The van der Waals surface area contributed by atoms with Gasteiger partial charge in [-0.25, -0.2) is 0 Å². The van der Waals surface area contributed by atoms with Gasteiger partial charge in [-0.05, 0) is 43.7 Å².